The molecule has 1 atom stereocenters. The van der Waals surface area contributed by atoms with Gasteiger partial charge in [0, 0.05) is 6.10 Å². The Kier molecular flexibility index (Phi) is 7.24. The largest absolute Gasteiger partial charge is 0.412 e. The molecule has 0 aromatic heterocycles. The zero-order valence-electron chi connectivity index (χ0n) is 14.3. The second kappa shape index (κ2) is 7.20. The maximum absolute atomic E-state index is 6.54. The first kappa shape index (κ1) is 19.1. The van der Waals surface area contributed by atoms with Crippen LogP contribution in [0.4, 0.5) is 0 Å². The molecule has 0 radical (unpaired) electrons. The fraction of sp³-hybridized carbons (Fsp3) is 0.867. The maximum Gasteiger partial charge on any atom is 0.216 e. The van der Waals surface area contributed by atoms with E-state index < -0.39 is 16.6 Å². The summed E-state index contributed by atoms with van der Waals surface area (Å²) in [6.07, 6.45) is 3.52. The average molecular weight is 303 g/mol. The first-order valence-corrected chi connectivity index (χ1v) is 13.5. The molecule has 0 bridgehead atoms. The standard InChI is InChI=1S/C15H34O2Si2/c1-10-14(11-2)16-19(8,9)15(5,12-3)17-18(6,7)13-4/h13-14H,4,10-12H2,1-3,5-9H3/t15-/m1/s1. The van der Waals surface area contributed by atoms with Gasteiger partial charge in [-0.25, -0.2) is 0 Å². The average Bonchev–Trinajstić information content (AvgIpc) is 2.35. The molecule has 0 aliphatic rings. The van der Waals surface area contributed by atoms with Crippen molar-refractivity contribution in [2.24, 2.45) is 0 Å². The van der Waals surface area contributed by atoms with Crippen LogP contribution in [0.3, 0.4) is 0 Å². The SMILES string of the molecule is C=C[Si](C)(C)O[C@@](C)(CC)[Si](C)(C)OC(CC)CC. The summed E-state index contributed by atoms with van der Waals surface area (Å²) in [5.74, 6) is 0. The quantitative estimate of drug-likeness (QED) is 0.555. The Morgan fingerprint density at radius 1 is 1.11 bits per heavy atom. The molecule has 0 heterocycles. The second-order valence-electron chi connectivity index (χ2n) is 6.56. The Bertz CT molecular complexity index is 286. The molecule has 0 amide bonds. The topological polar surface area (TPSA) is 18.5 Å². The van der Waals surface area contributed by atoms with Crippen LogP contribution in [0, 0.1) is 0 Å². The summed E-state index contributed by atoms with van der Waals surface area (Å²) in [6.45, 7) is 21.8. The molecule has 114 valence electrons. The van der Waals surface area contributed by atoms with Gasteiger partial charge in [0.1, 0.15) is 0 Å². The Labute approximate surface area is 122 Å². The summed E-state index contributed by atoms with van der Waals surface area (Å²) in [7, 11) is -3.72. The van der Waals surface area contributed by atoms with Crippen LogP contribution >= 0.6 is 0 Å². The van der Waals surface area contributed by atoms with Gasteiger partial charge < -0.3 is 8.85 Å². The van der Waals surface area contributed by atoms with Crippen LogP contribution in [-0.2, 0) is 8.85 Å². The minimum Gasteiger partial charge on any atom is -0.412 e. The highest BCUT2D eigenvalue weighted by Crippen LogP contribution is 2.34. The van der Waals surface area contributed by atoms with Gasteiger partial charge in [-0.1, -0.05) is 26.5 Å². The van der Waals surface area contributed by atoms with E-state index in [4.69, 9.17) is 8.85 Å². The lowest BCUT2D eigenvalue weighted by Gasteiger charge is -2.46. The van der Waals surface area contributed by atoms with Crippen molar-refractivity contribution in [2.75, 3.05) is 0 Å². The minimum atomic E-state index is -1.92. The van der Waals surface area contributed by atoms with Crippen LogP contribution in [0.2, 0.25) is 26.2 Å². The predicted molar refractivity (Wildman–Crippen MR) is 90.4 cm³/mol. The molecule has 0 aromatic carbocycles. The third kappa shape index (κ3) is 5.17. The first-order chi connectivity index (χ1) is 8.57. The molecule has 4 heteroatoms. The van der Waals surface area contributed by atoms with Crippen molar-refractivity contribution in [1.29, 1.82) is 0 Å². The van der Waals surface area contributed by atoms with Crippen LogP contribution in [0.25, 0.3) is 0 Å². The Morgan fingerprint density at radius 2 is 1.58 bits per heavy atom. The molecule has 0 spiro atoms. The van der Waals surface area contributed by atoms with Crippen molar-refractivity contribution in [2.45, 2.75) is 84.5 Å². The van der Waals surface area contributed by atoms with Gasteiger partial charge in [-0.2, -0.15) is 0 Å². The number of hydrogen-bond donors (Lipinski definition) is 0. The second-order valence-corrected chi connectivity index (χ2v) is 14.7. The normalized spacial score (nSPS) is 16.5. The van der Waals surface area contributed by atoms with Crippen molar-refractivity contribution in [3.8, 4) is 0 Å². The molecular weight excluding hydrogens is 268 g/mol. The zero-order chi connectivity index (χ0) is 15.3. The van der Waals surface area contributed by atoms with Crippen LogP contribution in [-0.4, -0.2) is 28.0 Å². The van der Waals surface area contributed by atoms with Gasteiger partial charge in [-0.15, -0.1) is 6.58 Å². The van der Waals surface area contributed by atoms with E-state index in [1.54, 1.807) is 0 Å². The van der Waals surface area contributed by atoms with Gasteiger partial charge in [0.25, 0.3) is 0 Å². The number of rotatable bonds is 9. The van der Waals surface area contributed by atoms with Gasteiger partial charge in [0.05, 0.1) is 5.22 Å². The summed E-state index contributed by atoms with van der Waals surface area (Å²) in [4.78, 5) is 0. The third-order valence-corrected chi connectivity index (χ3v) is 10.4. The Hall–Kier alpha value is 0.0938. The minimum absolute atomic E-state index is 0.139. The van der Waals surface area contributed by atoms with Crippen LogP contribution in [0.1, 0.15) is 47.0 Å². The highest BCUT2D eigenvalue weighted by atomic mass is 28.4. The van der Waals surface area contributed by atoms with E-state index in [2.05, 4.69) is 60.5 Å². The number of hydrogen-bond acceptors (Lipinski definition) is 2. The molecule has 0 aliphatic carbocycles. The van der Waals surface area contributed by atoms with Gasteiger partial charge >= 0.3 is 0 Å². The maximum atomic E-state index is 6.54. The smallest absolute Gasteiger partial charge is 0.216 e. The molecule has 0 aromatic rings. The third-order valence-electron chi connectivity index (χ3n) is 4.30. The van der Waals surface area contributed by atoms with Gasteiger partial charge in [-0.05, 0) is 52.4 Å². The first-order valence-electron chi connectivity index (χ1n) is 7.59. The molecule has 0 unspecified atom stereocenters. The molecule has 0 saturated carbocycles. The summed E-state index contributed by atoms with van der Waals surface area (Å²) >= 11 is 0. The van der Waals surface area contributed by atoms with E-state index in [-0.39, 0.29) is 5.22 Å². The molecule has 19 heavy (non-hydrogen) atoms. The van der Waals surface area contributed by atoms with Crippen molar-refractivity contribution < 1.29 is 8.85 Å². The molecule has 0 fully saturated rings. The van der Waals surface area contributed by atoms with E-state index in [0.29, 0.717) is 6.10 Å². The molecule has 0 N–H and O–H groups in total. The van der Waals surface area contributed by atoms with E-state index in [9.17, 15) is 0 Å². The van der Waals surface area contributed by atoms with Crippen LogP contribution < -0.4 is 0 Å². The molecule has 0 rings (SSSR count). The molecular formula is C15H34O2Si2. The fourth-order valence-electron chi connectivity index (χ4n) is 2.24. The van der Waals surface area contributed by atoms with Crippen molar-refractivity contribution in [3.63, 3.8) is 0 Å². The van der Waals surface area contributed by atoms with Crippen molar-refractivity contribution >= 4 is 16.6 Å². The summed E-state index contributed by atoms with van der Waals surface area (Å²) < 4.78 is 13.0. The lowest BCUT2D eigenvalue weighted by molar-refractivity contribution is 0.0918. The highest BCUT2D eigenvalue weighted by Gasteiger charge is 2.48. The van der Waals surface area contributed by atoms with E-state index in [1.165, 1.54) is 0 Å². The van der Waals surface area contributed by atoms with Gasteiger partial charge in [0.15, 0.2) is 0 Å². The van der Waals surface area contributed by atoms with Crippen LogP contribution in [0.15, 0.2) is 12.3 Å². The fourth-order valence-corrected chi connectivity index (χ4v) is 7.67. The highest BCUT2D eigenvalue weighted by molar-refractivity contribution is 6.79. The Balaban J connectivity index is 5.12. The lowest BCUT2D eigenvalue weighted by atomic mass is 10.2. The van der Waals surface area contributed by atoms with E-state index in [1.807, 2.05) is 5.70 Å². The summed E-state index contributed by atoms with van der Waals surface area (Å²) in [5.41, 5.74) is 2.02. The van der Waals surface area contributed by atoms with Gasteiger partial charge in [-0.3, -0.25) is 0 Å². The monoisotopic (exact) mass is 302 g/mol. The molecule has 2 nitrogen and oxygen atoms in total. The summed E-state index contributed by atoms with van der Waals surface area (Å²) in [6, 6.07) is 0. The molecule has 0 aliphatic heterocycles. The van der Waals surface area contributed by atoms with E-state index >= 15 is 0 Å². The predicted octanol–water partition coefficient (Wildman–Crippen LogP) is 5.05. The van der Waals surface area contributed by atoms with Crippen molar-refractivity contribution in [3.05, 3.63) is 12.3 Å². The van der Waals surface area contributed by atoms with Crippen LogP contribution in [0.5, 0.6) is 0 Å². The Morgan fingerprint density at radius 3 is 1.89 bits per heavy atom. The van der Waals surface area contributed by atoms with Crippen molar-refractivity contribution in [1.82, 2.24) is 0 Å². The van der Waals surface area contributed by atoms with E-state index in [0.717, 1.165) is 19.3 Å². The molecule has 0 saturated heterocycles. The zero-order valence-corrected chi connectivity index (χ0v) is 16.3. The lowest BCUT2D eigenvalue weighted by Crippen LogP contribution is -2.60. The summed E-state index contributed by atoms with van der Waals surface area (Å²) in [5, 5.41) is -0.139. The van der Waals surface area contributed by atoms with Gasteiger partial charge in [0.2, 0.25) is 16.6 Å².